The molecule has 2 rings (SSSR count). The van der Waals surface area contributed by atoms with E-state index in [-0.39, 0.29) is 18.5 Å². The Kier molecular flexibility index (Phi) is 4.03. The van der Waals surface area contributed by atoms with Gasteiger partial charge in [0.15, 0.2) is 0 Å². The van der Waals surface area contributed by atoms with Crippen LogP contribution in [-0.2, 0) is 4.79 Å². The molecule has 1 saturated heterocycles. The highest BCUT2D eigenvalue weighted by atomic mass is 16.2. The zero-order valence-electron chi connectivity index (χ0n) is 11.0. The van der Waals surface area contributed by atoms with Gasteiger partial charge < -0.3 is 16.0 Å². The van der Waals surface area contributed by atoms with Gasteiger partial charge in [0, 0.05) is 19.1 Å². The summed E-state index contributed by atoms with van der Waals surface area (Å²) in [5.41, 5.74) is 7.10. The Labute approximate surface area is 113 Å². The molecule has 1 aliphatic rings. The Morgan fingerprint density at radius 1 is 1.53 bits per heavy atom. The average molecular weight is 258 g/mol. The van der Waals surface area contributed by atoms with Gasteiger partial charge in [0.05, 0.1) is 11.3 Å². The van der Waals surface area contributed by atoms with Crippen molar-refractivity contribution in [2.75, 3.05) is 18.0 Å². The predicted molar refractivity (Wildman–Crippen MR) is 73.6 cm³/mol. The molecule has 1 amide bonds. The van der Waals surface area contributed by atoms with E-state index in [4.69, 9.17) is 5.73 Å². The minimum atomic E-state index is -0.417. The van der Waals surface area contributed by atoms with Gasteiger partial charge in [-0.3, -0.25) is 4.79 Å². The fourth-order valence-electron chi connectivity index (χ4n) is 2.38. The van der Waals surface area contributed by atoms with Crippen molar-refractivity contribution in [1.29, 1.82) is 5.26 Å². The van der Waals surface area contributed by atoms with Crippen LogP contribution in [0.1, 0.15) is 18.9 Å². The van der Waals surface area contributed by atoms with Crippen molar-refractivity contribution in [2.24, 2.45) is 5.73 Å². The third-order valence-electron chi connectivity index (χ3n) is 3.43. The van der Waals surface area contributed by atoms with Crippen LogP contribution >= 0.6 is 0 Å². The molecule has 1 aliphatic heterocycles. The lowest BCUT2D eigenvalue weighted by Crippen LogP contribution is -2.49. The SMILES string of the molecule is CC1CCN(c2ccccc2C#N)C(CN)C(=O)N1. The summed E-state index contributed by atoms with van der Waals surface area (Å²) < 4.78 is 0. The van der Waals surface area contributed by atoms with Gasteiger partial charge in [-0.05, 0) is 25.5 Å². The van der Waals surface area contributed by atoms with E-state index in [1.807, 2.05) is 30.0 Å². The lowest BCUT2D eigenvalue weighted by Gasteiger charge is -2.30. The number of anilines is 1. The molecule has 100 valence electrons. The van der Waals surface area contributed by atoms with Crippen LogP contribution in [0, 0.1) is 11.3 Å². The van der Waals surface area contributed by atoms with Crippen LogP contribution in [0.4, 0.5) is 5.69 Å². The fraction of sp³-hybridized carbons (Fsp3) is 0.429. The van der Waals surface area contributed by atoms with Gasteiger partial charge in [0.1, 0.15) is 12.1 Å². The molecule has 5 heteroatoms. The normalized spacial score (nSPS) is 23.4. The zero-order valence-corrected chi connectivity index (χ0v) is 11.0. The highest BCUT2D eigenvalue weighted by Gasteiger charge is 2.30. The highest BCUT2D eigenvalue weighted by molar-refractivity contribution is 5.86. The van der Waals surface area contributed by atoms with Crippen molar-refractivity contribution in [3.8, 4) is 6.07 Å². The second-order valence-electron chi connectivity index (χ2n) is 4.77. The average Bonchev–Trinajstić information content (AvgIpc) is 2.56. The Hall–Kier alpha value is -2.06. The summed E-state index contributed by atoms with van der Waals surface area (Å²) in [7, 11) is 0. The van der Waals surface area contributed by atoms with E-state index in [9.17, 15) is 10.1 Å². The molecule has 0 saturated carbocycles. The van der Waals surface area contributed by atoms with Crippen LogP contribution in [0.3, 0.4) is 0 Å². The number of nitriles is 1. The monoisotopic (exact) mass is 258 g/mol. The Morgan fingerprint density at radius 2 is 2.26 bits per heavy atom. The quantitative estimate of drug-likeness (QED) is 0.814. The van der Waals surface area contributed by atoms with E-state index in [1.165, 1.54) is 0 Å². The summed E-state index contributed by atoms with van der Waals surface area (Å²) in [6.07, 6.45) is 0.835. The number of hydrogen-bond acceptors (Lipinski definition) is 4. The molecular formula is C14H18N4O. The molecular weight excluding hydrogens is 240 g/mol. The summed E-state index contributed by atoms with van der Waals surface area (Å²) in [5.74, 6) is -0.0692. The number of amides is 1. The molecule has 0 aliphatic carbocycles. The maximum absolute atomic E-state index is 12.1. The van der Waals surface area contributed by atoms with Crippen LogP contribution in [0.5, 0.6) is 0 Å². The largest absolute Gasteiger partial charge is 0.357 e. The fourth-order valence-corrected chi connectivity index (χ4v) is 2.38. The molecule has 19 heavy (non-hydrogen) atoms. The summed E-state index contributed by atoms with van der Waals surface area (Å²) in [5, 5.41) is 12.1. The topological polar surface area (TPSA) is 82.2 Å². The van der Waals surface area contributed by atoms with E-state index in [2.05, 4.69) is 11.4 Å². The summed E-state index contributed by atoms with van der Waals surface area (Å²) in [6.45, 7) is 2.92. The van der Waals surface area contributed by atoms with Gasteiger partial charge >= 0.3 is 0 Å². The van der Waals surface area contributed by atoms with Crippen molar-refractivity contribution in [1.82, 2.24) is 5.32 Å². The Morgan fingerprint density at radius 3 is 2.95 bits per heavy atom. The van der Waals surface area contributed by atoms with Gasteiger partial charge in [-0.25, -0.2) is 0 Å². The first-order chi connectivity index (χ1) is 9.17. The number of rotatable bonds is 2. The minimum absolute atomic E-state index is 0.0692. The molecule has 3 N–H and O–H groups in total. The maximum atomic E-state index is 12.1. The highest BCUT2D eigenvalue weighted by Crippen LogP contribution is 2.23. The molecule has 0 aromatic heterocycles. The third-order valence-corrected chi connectivity index (χ3v) is 3.43. The van der Waals surface area contributed by atoms with Gasteiger partial charge in [0.25, 0.3) is 0 Å². The lowest BCUT2D eigenvalue weighted by atomic mass is 10.1. The van der Waals surface area contributed by atoms with Crippen molar-refractivity contribution in [3.05, 3.63) is 29.8 Å². The number of hydrogen-bond donors (Lipinski definition) is 2. The van der Waals surface area contributed by atoms with Crippen LogP contribution in [0.25, 0.3) is 0 Å². The first-order valence-electron chi connectivity index (χ1n) is 6.43. The third kappa shape index (κ3) is 2.69. The molecule has 2 atom stereocenters. The molecule has 1 heterocycles. The first kappa shape index (κ1) is 13.4. The standard InChI is InChI=1S/C14H18N4O/c1-10-6-7-18(13(9-16)14(19)17-10)12-5-3-2-4-11(12)8-15/h2-5,10,13H,6-7,9,16H2,1H3,(H,17,19). The molecule has 0 radical (unpaired) electrons. The molecule has 2 unspecified atom stereocenters. The molecule has 1 fully saturated rings. The van der Waals surface area contributed by atoms with Crippen LogP contribution in [0.2, 0.25) is 0 Å². The first-order valence-corrected chi connectivity index (χ1v) is 6.43. The number of carbonyl (C=O) groups is 1. The number of para-hydroxylation sites is 1. The second-order valence-corrected chi connectivity index (χ2v) is 4.77. The molecule has 0 bridgehead atoms. The van der Waals surface area contributed by atoms with Gasteiger partial charge in [-0.15, -0.1) is 0 Å². The maximum Gasteiger partial charge on any atom is 0.244 e. The molecule has 0 spiro atoms. The number of benzene rings is 1. The predicted octanol–water partition coefficient (Wildman–Crippen LogP) is 0.600. The van der Waals surface area contributed by atoms with Crippen molar-refractivity contribution >= 4 is 11.6 Å². The van der Waals surface area contributed by atoms with Crippen LogP contribution in [0.15, 0.2) is 24.3 Å². The summed E-state index contributed by atoms with van der Waals surface area (Å²) in [6, 6.07) is 9.19. The Balaban J connectivity index is 2.40. The number of nitrogens with zero attached hydrogens (tertiary/aromatic N) is 2. The van der Waals surface area contributed by atoms with Crippen molar-refractivity contribution in [2.45, 2.75) is 25.4 Å². The zero-order chi connectivity index (χ0) is 13.8. The van der Waals surface area contributed by atoms with E-state index < -0.39 is 6.04 Å². The number of nitrogens with two attached hydrogens (primary N) is 1. The second kappa shape index (κ2) is 5.72. The van der Waals surface area contributed by atoms with Gasteiger partial charge in [-0.2, -0.15) is 5.26 Å². The molecule has 5 nitrogen and oxygen atoms in total. The number of carbonyl (C=O) groups excluding carboxylic acids is 1. The van der Waals surface area contributed by atoms with Crippen molar-refractivity contribution in [3.63, 3.8) is 0 Å². The number of nitrogens with one attached hydrogen (secondary N) is 1. The minimum Gasteiger partial charge on any atom is -0.357 e. The van der Waals surface area contributed by atoms with Gasteiger partial charge in [-0.1, -0.05) is 12.1 Å². The van der Waals surface area contributed by atoms with Crippen LogP contribution in [-0.4, -0.2) is 31.1 Å². The molecule has 1 aromatic carbocycles. The van der Waals surface area contributed by atoms with Crippen molar-refractivity contribution < 1.29 is 4.79 Å². The Bertz CT molecular complexity index is 508. The van der Waals surface area contributed by atoms with E-state index in [0.717, 1.165) is 12.1 Å². The van der Waals surface area contributed by atoms with Crippen LogP contribution < -0.4 is 16.0 Å². The lowest BCUT2D eigenvalue weighted by molar-refractivity contribution is -0.122. The van der Waals surface area contributed by atoms with E-state index in [1.54, 1.807) is 6.07 Å². The van der Waals surface area contributed by atoms with Gasteiger partial charge in [0.2, 0.25) is 5.91 Å². The summed E-state index contributed by atoms with van der Waals surface area (Å²) in [4.78, 5) is 14.1. The molecule has 1 aromatic rings. The van der Waals surface area contributed by atoms with E-state index >= 15 is 0 Å². The van der Waals surface area contributed by atoms with E-state index in [0.29, 0.717) is 12.1 Å². The summed E-state index contributed by atoms with van der Waals surface area (Å²) >= 11 is 0. The smallest absolute Gasteiger partial charge is 0.244 e.